The Morgan fingerprint density at radius 2 is 1.69 bits per heavy atom. The first-order valence-electron chi connectivity index (χ1n) is 7.47. The van der Waals surface area contributed by atoms with E-state index in [1.54, 1.807) is 0 Å². The predicted octanol–water partition coefficient (Wildman–Crippen LogP) is 2.22. The van der Waals surface area contributed by atoms with Crippen LogP contribution in [0.1, 0.15) is 26.3 Å². The summed E-state index contributed by atoms with van der Waals surface area (Å²) in [5.41, 5.74) is 0.334. The van der Waals surface area contributed by atoms with E-state index in [1.165, 1.54) is 37.4 Å². The van der Waals surface area contributed by atoms with Crippen LogP contribution < -0.4 is 5.32 Å². The van der Waals surface area contributed by atoms with Crippen LogP contribution >= 0.6 is 0 Å². The van der Waals surface area contributed by atoms with Crippen molar-refractivity contribution in [1.29, 1.82) is 0 Å². The van der Waals surface area contributed by atoms with Gasteiger partial charge in [0.1, 0.15) is 11.6 Å². The van der Waals surface area contributed by atoms with Gasteiger partial charge < -0.3 is 14.8 Å². The van der Waals surface area contributed by atoms with Gasteiger partial charge in [0.2, 0.25) is 0 Å². The molecule has 0 aliphatic carbocycles. The standard InChI is InChI=1S/C18H15F2NO5/c1-25-17(23)11-3-2-4-12(7-11)18(24)26-10-16(22)21-9-13-5-6-14(19)8-15(13)20/h2-8H,9-10H2,1H3,(H,21,22). The van der Waals surface area contributed by atoms with E-state index in [0.29, 0.717) is 6.07 Å². The third kappa shape index (κ3) is 5.10. The average molecular weight is 363 g/mol. The molecule has 0 aromatic heterocycles. The average Bonchev–Trinajstić information content (AvgIpc) is 2.64. The van der Waals surface area contributed by atoms with E-state index in [4.69, 9.17) is 4.74 Å². The number of carbonyl (C=O) groups is 3. The van der Waals surface area contributed by atoms with Gasteiger partial charge in [-0.3, -0.25) is 4.79 Å². The fourth-order valence-electron chi connectivity index (χ4n) is 2.02. The highest BCUT2D eigenvalue weighted by Gasteiger charge is 2.13. The number of nitrogens with one attached hydrogen (secondary N) is 1. The fourth-order valence-corrected chi connectivity index (χ4v) is 2.02. The molecule has 136 valence electrons. The second-order valence-corrected chi connectivity index (χ2v) is 5.16. The first-order chi connectivity index (χ1) is 12.4. The Labute approximate surface area is 147 Å². The summed E-state index contributed by atoms with van der Waals surface area (Å²) < 4.78 is 35.6. The summed E-state index contributed by atoms with van der Waals surface area (Å²) in [6.07, 6.45) is 0. The van der Waals surface area contributed by atoms with Crippen molar-refractivity contribution in [3.63, 3.8) is 0 Å². The maximum absolute atomic E-state index is 13.5. The lowest BCUT2D eigenvalue weighted by molar-refractivity contribution is -0.124. The van der Waals surface area contributed by atoms with E-state index in [1.807, 2.05) is 0 Å². The van der Waals surface area contributed by atoms with Crippen molar-refractivity contribution >= 4 is 17.8 Å². The highest BCUT2D eigenvalue weighted by molar-refractivity contribution is 5.95. The molecule has 1 N–H and O–H groups in total. The Morgan fingerprint density at radius 3 is 2.35 bits per heavy atom. The molecule has 0 unspecified atom stereocenters. The summed E-state index contributed by atoms with van der Waals surface area (Å²) in [5.74, 6) is -3.59. The van der Waals surface area contributed by atoms with E-state index < -0.39 is 36.1 Å². The summed E-state index contributed by atoms with van der Waals surface area (Å²) in [6, 6.07) is 8.61. The Kier molecular flexibility index (Phi) is 6.37. The van der Waals surface area contributed by atoms with Crippen LogP contribution in [0.2, 0.25) is 0 Å². The van der Waals surface area contributed by atoms with Gasteiger partial charge in [-0.2, -0.15) is 0 Å². The van der Waals surface area contributed by atoms with Gasteiger partial charge in [-0.1, -0.05) is 12.1 Å². The highest BCUT2D eigenvalue weighted by Crippen LogP contribution is 2.10. The van der Waals surface area contributed by atoms with Crippen LogP contribution in [0.25, 0.3) is 0 Å². The zero-order valence-corrected chi connectivity index (χ0v) is 13.8. The molecule has 26 heavy (non-hydrogen) atoms. The van der Waals surface area contributed by atoms with Crippen molar-refractivity contribution in [2.75, 3.05) is 13.7 Å². The maximum atomic E-state index is 13.5. The molecule has 0 aliphatic heterocycles. The largest absolute Gasteiger partial charge is 0.465 e. The molecule has 2 rings (SSSR count). The van der Waals surface area contributed by atoms with Crippen molar-refractivity contribution in [1.82, 2.24) is 5.32 Å². The Balaban J connectivity index is 1.87. The van der Waals surface area contributed by atoms with Crippen molar-refractivity contribution < 1.29 is 32.6 Å². The van der Waals surface area contributed by atoms with Crippen LogP contribution in [-0.4, -0.2) is 31.6 Å². The lowest BCUT2D eigenvalue weighted by Gasteiger charge is -2.08. The van der Waals surface area contributed by atoms with Crippen LogP contribution in [0.4, 0.5) is 8.78 Å². The number of hydrogen-bond acceptors (Lipinski definition) is 5. The molecule has 1 amide bonds. The zero-order chi connectivity index (χ0) is 19.1. The van der Waals surface area contributed by atoms with Gasteiger partial charge >= 0.3 is 11.9 Å². The molecule has 0 heterocycles. The number of carbonyl (C=O) groups excluding carboxylic acids is 3. The summed E-state index contributed by atoms with van der Waals surface area (Å²) >= 11 is 0. The van der Waals surface area contributed by atoms with Crippen molar-refractivity contribution in [2.24, 2.45) is 0 Å². The SMILES string of the molecule is COC(=O)c1cccc(C(=O)OCC(=O)NCc2ccc(F)cc2F)c1. The van der Waals surface area contributed by atoms with Gasteiger partial charge in [-0.05, 0) is 24.3 Å². The smallest absolute Gasteiger partial charge is 0.338 e. The molecule has 2 aromatic rings. The van der Waals surface area contributed by atoms with Crippen LogP contribution in [0.3, 0.4) is 0 Å². The minimum atomic E-state index is -0.807. The topological polar surface area (TPSA) is 81.7 Å². The lowest BCUT2D eigenvalue weighted by Crippen LogP contribution is -2.28. The number of amides is 1. The van der Waals surface area contributed by atoms with E-state index in [-0.39, 0.29) is 23.2 Å². The van der Waals surface area contributed by atoms with Crippen molar-refractivity contribution in [3.05, 3.63) is 70.8 Å². The summed E-state index contributed by atoms with van der Waals surface area (Å²) in [5, 5.41) is 2.35. The Morgan fingerprint density at radius 1 is 1.00 bits per heavy atom. The molecule has 8 heteroatoms. The van der Waals surface area contributed by atoms with Gasteiger partial charge in [-0.25, -0.2) is 18.4 Å². The van der Waals surface area contributed by atoms with Gasteiger partial charge in [0.05, 0.1) is 18.2 Å². The molecule has 6 nitrogen and oxygen atoms in total. The number of ether oxygens (including phenoxy) is 2. The molecule has 0 bridgehead atoms. The predicted molar refractivity (Wildman–Crippen MR) is 86.3 cm³/mol. The van der Waals surface area contributed by atoms with Gasteiger partial charge in [0.15, 0.2) is 6.61 Å². The summed E-state index contributed by atoms with van der Waals surface area (Å²) in [4.78, 5) is 35.0. The van der Waals surface area contributed by atoms with Crippen molar-refractivity contribution in [3.8, 4) is 0 Å². The van der Waals surface area contributed by atoms with Crippen LogP contribution in [0.5, 0.6) is 0 Å². The summed E-state index contributed by atoms with van der Waals surface area (Å²) in [7, 11) is 1.21. The Bertz CT molecular complexity index is 838. The number of benzene rings is 2. The third-order valence-corrected chi connectivity index (χ3v) is 3.34. The summed E-state index contributed by atoms with van der Waals surface area (Å²) in [6.45, 7) is -0.773. The van der Waals surface area contributed by atoms with Gasteiger partial charge in [0.25, 0.3) is 5.91 Å². The molecular weight excluding hydrogens is 348 g/mol. The Hall–Kier alpha value is -3.29. The highest BCUT2D eigenvalue weighted by atomic mass is 19.1. The number of esters is 2. The van der Waals surface area contributed by atoms with Crippen molar-refractivity contribution in [2.45, 2.75) is 6.54 Å². The molecule has 2 aromatic carbocycles. The van der Waals surface area contributed by atoms with E-state index in [0.717, 1.165) is 6.07 Å². The second-order valence-electron chi connectivity index (χ2n) is 5.16. The van der Waals surface area contributed by atoms with Crippen LogP contribution in [0, 0.1) is 11.6 Å². The zero-order valence-electron chi connectivity index (χ0n) is 13.8. The number of halogens is 2. The molecule has 0 saturated heterocycles. The van der Waals surface area contributed by atoms with Gasteiger partial charge in [-0.15, -0.1) is 0 Å². The van der Waals surface area contributed by atoms with E-state index in [2.05, 4.69) is 10.1 Å². The molecule has 0 fully saturated rings. The fraction of sp³-hybridized carbons (Fsp3) is 0.167. The minimum absolute atomic E-state index is 0.0743. The van der Waals surface area contributed by atoms with Gasteiger partial charge in [0, 0.05) is 18.2 Å². The lowest BCUT2D eigenvalue weighted by atomic mass is 10.1. The molecule has 0 spiro atoms. The number of hydrogen-bond donors (Lipinski definition) is 1. The molecule has 0 aliphatic rings. The normalized spacial score (nSPS) is 10.1. The molecule has 0 radical (unpaired) electrons. The third-order valence-electron chi connectivity index (χ3n) is 3.34. The van der Waals surface area contributed by atoms with E-state index >= 15 is 0 Å². The first-order valence-corrected chi connectivity index (χ1v) is 7.47. The minimum Gasteiger partial charge on any atom is -0.465 e. The molecule has 0 saturated carbocycles. The van der Waals surface area contributed by atoms with Crippen LogP contribution in [0.15, 0.2) is 42.5 Å². The monoisotopic (exact) mass is 363 g/mol. The second kappa shape index (κ2) is 8.70. The number of rotatable bonds is 6. The number of methoxy groups -OCH3 is 1. The maximum Gasteiger partial charge on any atom is 0.338 e. The van der Waals surface area contributed by atoms with E-state index in [9.17, 15) is 23.2 Å². The van der Waals surface area contributed by atoms with Crippen LogP contribution in [-0.2, 0) is 20.8 Å². The first kappa shape index (κ1) is 19.0. The molecular formula is C18H15F2NO5. The quantitative estimate of drug-likeness (QED) is 0.796. The molecule has 0 atom stereocenters.